The van der Waals surface area contributed by atoms with E-state index in [4.69, 9.17) is 0 Å². The highest BCUT2D eigenvalue weighted by atomic mass is 32.2. The molecule has 1 unspecified atom stereocenters. The number of anilines is 1. The van der Waals surface area contributed by atoms with E-state index in [0.717, 1.165) is 17.9 Å². The summed E-state index contributed by atoms with van der Waals surface area (Å²) < 4.78 is 1.66. The third-order valence-corrected chi connectivity index (χ3v) is 4.76. The van der Waals surface area contributed by atoms with Gasteiger partial charge in [-0.05, 0) is 35.9 Å². The van der Waals surface area contributed by atoms with Crippen LogP contribution in [0.25, 0.3) is 0 Å². The summed E-state index contributed by atoms with van der Waals surface area (Å²) in [5.74, 6) is 1.57. The molecule has 2 rings (SSSR count). The molecule has 0 bridgehead atoms. The molecule has 1 aromatic carbocycles. The minimum absolute atomic E-state index is 0.0410. The van der Waals surface area contributed by atoms with Gasteiger partial charge in [-0.15, -0.1) is 16.9 Å². The largest absolute Gasteiger partial charge is 0.326 e. The van der Waals surface area contributed by atoms with Gasteiger partial charge in [-0.2, -0.15) is 0 Å². The molecule has 0 radical (unpaired) electrons. The number of tetrazole rings is 1. The highest BCUT2D eigenvalue weighted by Gasteiger charge is 2.14. The molecule has 0 fully saturated rings. The van der Waals surface area contributed by atoms with Crippen LogP contribution in [0.2, 0.25) is 0 Å². The molecule has 1 atom stereocenters. The van der Waals surface area contributed by atoms with Crippen LogP contribution in [0.4, 0.5) is 5.69 Å². The lowest BCUT2D eigenvalue weighted by molar-refractivity contribution is -0.116. The lowest BCUT2D eigenvalue weighted by Gasteiger charge is -2.14. The molecule has 22 heavy (non-hydrogen) atoms. The van der Waals surface area contributed by atoms with Crippen LogP contribution in [-0.2, 0) is 17.6 Å². The van der Waals surface area contributed by atoms with Crippen LogP contribution >= 0.6 is 11.8 Å². The first-order chi connectivity index (χ1) is 10.6. The lowest BCUT2D eigenvalue weighted by atomic mass is 10.2. The van der Waals surface area contributed by atoms with E-state index in [0.29, 0.717) is 12.2 Å². The van der Waals surface area contributed by atoms with Crippen molar-refractivity contribution in [1.82, 2.24) is 20.2 Å². The number of carbonyl (C=O) groups is 1. The summed E-state index contributed by atoms with van der Waals surface area (Å²) >= 11 is 1.71. The fourth-order valence-electron chi connectivity index (χ4n) is 1.94. The summed E-state index contributed by atoms with van der Waals surface area (Å²) in [6, 6.07) is 7.82. The number of hydrogen-bond donors (Lipinski definition) is 1. The van der Waals surface area contributed by atoms with Crippen molar-refractivity contribution >= 4 is 23.4 Å². The van der Waals surface area contributed by atoms with Gasteiger partial charge in [0, 0.05) is 24.4 Å². The third kappa shape index (κ3) is 4.84. The average molecular weight is 319 g/mol. The van der Waals surface area contributed by atoms with E-state index in [1.807, 2.05) is 38.2 Å². The van der Waals surface area contributed by atoms with Crippen LogP contribution < -0.4 is 5.32 Å². The normalized spacial score (nSPS) is 12.1. The molecule has 0 spiro atoms. The summed E-state index contributed by atoms with van der Waals surface area (Å²) in [5.41, 5.74) is 2.02. The third-order valence-electron chi connectivity index (χ3n) is 3.36. The molecular formula is C15H21N5OS. The number of nitrogens with zero attached hydrogens (tertiary/aromatic N) is 4. The maximum absolute atomic E-state index is 12.1. The van der Waals surface area contributed by atoms with E-state index in [-0.39, 0.29) is 11.2 Å². The smallest absolute Gasteiger partial charge is 0.225 e. The van der Waals surface area contributed by atoms with Crippen molar-refractivity contribution in [2.45, 2.75) is 37.7 Å². The number of rotatable bonds is 7. The van der Waals surface area contributed by atoms with Crippen molar-refractivity contribution in [3.63, 3.8) is 0 Å². The van der Waals surface area contributed by atoms with Gasteiger partial charge in [0.25, 0.3) is 0 Å². The summed E-state index contributed by atoms with van der Waals surface area (Å²) in [6.45, 7) is 4.11. The lowest BCUT2D eigenvalue weighted by Crippen LogP contribution is -2.18. The minimum Gasteiger partial charge on any atom is -0.326 e. The highest BCUT2D eigenvalue weighted by Crippen LogP contribution is 2.22. The first-order valence-electron chi connectivity index (χ1n) is 7.28. The molecule has 1 heterocycles. The van der Waals surface area contributed by atoms with Crippen LogP contribution in [0, 0.1) is 6.92 Å². The number of amides is 1. The van der Waals surface area contributed by atoms with E-state index in [2.05, 4.69) is 27.8 Å². The van der Waals surface area contributed by atoms with Crippen LogP contribution in [0.5, 0.6) is 0 Å². The maximum Gasteiger partial charge on any atom is 0.225 e. The van der Waals surface area contributed by atoms with Crippen LogP contribution in [-0.4, -0.2) is 31.4 Å². The minimum atomic E-state index is 0.0410. The Morgan fingerprint density at radius 3 is 2.68 bits per heavy atom. The number of nitrogens with one attached hydrogen (secondary N) is 1. The Morgan fingerprint density at radius 2 is 2.09 bits per heavy atom. The SMILES string of the molecule is CCC(CC(=O)Nc1ccc(C)cc1)SCc1nnnn1C. The molecule has 7 heteroatoms. The second-order valence-corrected chi connectivity index (χ2v) is 6.47. The molecule has 1 amide bonds. The number of carbonyl (C=O) groups excluding carboxylic acids is 1. The van der Waals surface area contributed by atoms with E-state index < -0.39 is 0 Å². The van der Waals surface area contributed by atoms with E-state index >= 15 is 0 Å². The molecule has 0 saturated heterocycles. The molecular weight excluding hydrogens is 298 g/mol. The van der Waals surface area contributed by atoms with Crippen molar-refractivity contribution in [1.29, 1.82) is 0 Å². The van der Waals surface area contributed by atoms with E-state index in [1.54, 1.807) is 16.4 Å². The van der Waals surface area contributed by atoms with Gasteiger partial charge in [-0.25, -0.2) is 4.68 Å². The molecule has 0 aliphatic carbocycles. The van der Waals surface area contributed by atoms with Crippen molar-refractivity contribution in [3.8, 4) is 0 Å². The number of aryl methyl sites for hydroxylation is 2. The van der Waals surface area contributed by atoms with E-state index in [1.165, 1.54) is 5.56 Å². The van der Waals surface area contributed by atoms with Gasteiger partial charge in [0.2, 0.25) is 5.91 Å². The molecule has 2 aromatic rings. The maximum atomic E-state index is 12.1. The number of aromatic nitrogens is 4. The van der Waals surface area contributed by atoms with Gasteiger partial charge in [-0.3, -0.25) is 4.79 Å². The number of thioether (sulfide) groups is 1. The second kappa shape index (κ2) is 7.93. The van der Waals surface area contributed by atoms with Gasteiger partial charge >= 0.3 is 0 Å². The molecule has 1 N–H and O–H groups in total. The van der Waals surface area contributed by atoms with Crippen LogP contribution in [0.3, 0.4) is 0 Å². The Bertz CT molecular complexity index is 611. The quantitative estimate of drug-likeness (QED) is 0.849. The van der Waals surface area contributed by atoms with Crippen LogP contribution in [0.1, 0.15) is 31.2 Å². The fourth-order valence-corrected chi connectivity index (χ4v) is 3.07. The summed E-state index contributed by atoms with van der Waals surface area (Å²) in [4.78, 5) is 12.1. The second-order valence-electron chi connectivity index (χ2n) is 5.18. The predicted molar refractivity (Wildman–Crippen MR) is 88.6 cm³/mol. The topological polar surface area (TPSA) is 72.7 Å². The molecule has 0 aliphatic rings. The highest BCUT2D eigenvalue weighted by molar-refractivity contribution is 7.99. The summed E-state index contributed by atoms with van der Waals surface area (Å²) in [6.07, 6.45) is 1.41. The van der Waals surface area contributed by atoms with Gasteiger partial charge in [-0.1, -0.05) is 24.6 Å². The Balaban J connectivity index is 1.82. The summed E-state index contributed by atoms with van der Waals surface area (Å²) in [7, 11) is 1.82. The molecule has 1 aromatic heterocycles. The fraction of sp³-hybridized carbons (Fsp3) is 0.467. The number of hydrogen-bond acceptors (Lipinski definition) is 5. The standard InChI is InChI=1S/C15H21N5OS/c1-4-13(22-10-14-17-18-19-20(14)3)9-15(21)16-12-7-5-11(2)6-8-12/h5-8,13H,4,9-10H2,1-3H3,(H,16,21). The zero-order valence-corrected chi connectivity index (χ0v) is 13.9. The van der Waals surface area contributed by atoms with Gasteiger partial charge in [0.05, 0.1) is 5.75 Å². The van der Waals surface area contributed by atoms with Crippen LogP contribution in [0.15, 0.2) is 24.3 Å². The van der Waals surface area contributed by atoms with Crippen molar-refractivity contribution in [2.24, 2.45) is 7.05 Å². The Kier molecular flexibility index (Phi) is 5.94. The van der Waals surface area contributed by atoms with E-state index in [9.17, 15) is 4.79 Å². The summed E-state index contributed by atoms with van der Waals surface area (Å²) in [5, 5.41) is 14.6. The average Bonchev–Trinajstić information content (AvgIpc) is 2.91. The monoisotopic (exact) mass is 319 g/mol. The van der Waals surface area contributed by atoms with Gasteiger partial charge in [0.15, 0.2) is 5.82 Å². The molecule has 0 aliphatic heterocycles. The molecule has 0 saturated carbocycles. The Hall–Kier alpha value is -1.89. The Morgan fingerprint density at radius 1 is 1.36 bits per heavy atom. The first-order valence-corrected chi connectivity index (χ1v) is 8.32. The van der Waals surface area contributed by atoms with Crippen molar-refractivity contribution in [2.75, 3.05) is 5.32 Å². The number of benzene rings is 1. The zero-order chi connectivity index (χ0) is 15.9. The van der Waals surface area contributed by atoms with Crippen molar-refractivity contribution in [3.05, 3.63) is 35.7 Å². The molecule has 6 nitrogen and oxygen atoms in total. The predicted octanol–water partition coefficient (Wildman–Crippen LogP) is 2.56. The molecule has 118 valence electrons. The first kappa shape index (κ1) is 16.5. The zero-order valence-electron chi connectivity index (χ0n) is 13.1. The van der Waals surface area contributed by atoms with Gasteiger partial charge < -0.3 is 5.32 Å². The van der Waals surface area contributed by atoms with Crippen molar-refractivity contribution < 1.29 is 4.79 Å². The Labute approximate surface area is 134 Å². The van der Waals surface area contributed by atoms with Gasteiger partial charge in [0.1, 0.15) is 0 Å².